The lowest BCUT2D eigenvalue weighted by Crippen LogP contribution is -2.19. The molecule has 1 rings (SSSR count). The normalized spacial score (nSPS) is 12.9. The number of likely N-dealkylation sites (N-methyl/N-ethyl adjacent to an activating group) is 1. The van der Waals surface area contributed by atoms with Gasteiger partial charge in [0.15, 0.2) is 0 Å². The Morgan fingerprint density at radius 1 is 1.31 bits per heavy atom. The van der Waals surface area contributed by atoms with Crippen LogP contribution in [0.3, 0.4) is 0 Å². The van der Waals surface area contributed by atoms with Gasteiger partial charge in [-0.25, -0.2) is 0 Å². The Bertz CT molecular complexity index is 279. The Hall–Kier alpha value is -0.860. The van der Waals surface area contributed by atoms with Gasteiger partial charge in [0, 0.05) is 0 Å². The number of benzene rings is 1. The van der Waals surface area contributed by atoms with Gasteiger partial charge in [-0.3, -0.25) is 0 Å². The maximum Gasteiger partial charge on any atom is 0.0626 e. The van der Waals surface area contributed by atoms with Crippen LogP contribution in [0.1, 0.15) is 22.7 Å². The highest BCUT2D eigenvalue weighted by Gasteiger charge is 2.07. The van der Waals surface area contributed by atoms with Gasteiger partial charge in [-0.2, -0.15) is 0 Å². The third-order valence-electron chi connectivity index (χ3n) is 2.46. The lowest BCUT2D eigenvalue weighted by atomic mass is 10.0. The van der Waals surface area contributed by atoms with Crippen LogP contribution in [0.25, 0.3) is 0 Å². The minimum absolute atomic E-state index is 0.0549. The fourth-order valence-corrected chi connectivity index (χ4v) is 1.34. The summed E-state index contributed by atoms with van der Waals surface area (Å²) in [4.78, 5) is 0. The van der Waals surface area contributed by atoms with Crippen LogP contribution in [0, 0.1) is 13.8 Å². The average Bonchev–Trinajstić information content (AvgIpc) is 2.13. The smallest absolute Gasteiger partial charge is 0.0626 e. The predicted octanol–water partition coefficient (Wildman–Crippen LogP) is 1.56. The van der Waals surface area contributed by atoms with Crippen LogP contribution >= 0.6 is 0 Å². The van der Waals surface area contributed by atoms with Crippen molar-refractivity contribution >= 4 is 0 Å². The van der Waals surface area contributed by atoms with Crippen molar-refractivity contribution in [1.29, 1.82) is 0 Å². The molecule has 1 atom stereocenters. The molecule has 0 aliphatic heterocycles. The van der Waals surface area contributed by atoms with Crippen LogP contribution < -0.4 is 5.32 Å². The molecule has 0 fully saturated rings. The van der Waals surface area contributed by atoms with Crippen molar-refractivity contribution in [2.24, 2.45) is 0 Å². The molecule has 0 aliphatic carbocycles. The second kappa shape index (κ2) is 4.40. The molecule has 0 saturated carbocycles. The van der Waals surface area contributed by atoms with Gasteiger partial charge in [0.1, 0.15) is 0 Å². The molecule has 1 aromatic rings. The number of rotatable bonds is 3. The van der Waals surface area contributed by atoms with Crippen LogP contribution in [0.4, 0.5) is 0 Å². The highest BCUT2D eigenvalue weighted by atomic mass is 16.3. The number of nitrogens with one attached hydrogen (secondary N) is 1. The summed E-state index contributed by atoms with van der Waals surface area (Å²) in [6.07, 6.45) is 0. The first kappa shape index (κ1) is 10.2. The van der Waals surface area contributed by atoms with E-state index in [1.54, 1.807) is 0 Å². The van der Waals surface area contributed by atoms with Crippen molar-refractivity contribution in [3.63, 3.8) is 0 Å². The van der Waals surface area contributed by atoms with E-state index in [0.29, 0.717) is 0 Å². The second-order valence-corrected chi connectivity index (χ2v) is 3.37. The molecule has 0 amide bonds. The first-order chi connectivity index (χ1) is 6.19. The van der Waals surface area contributed by atoms with E-state index >= 15 is 0 Å². The second-order valence-electron chi connectivity index (χ2n) is 3.37. The number of aryl methyl sites for hydroxylation is 2. The fourth-order valence-electron chi connectivity index (χ4n) is 1.34. The molecule has 0 aliphatic rings. The summed E-state index contributed by atoms with van der Waals surface area (Å²) in [5, 5.41) is 12.1. The molecular formula is C11H17NO. The van der Waals surface area contributed by atoms with E-state index in [4.69, 9.17) is 5.11 Å². The van der Waals surface area contributed by atoms with E-state index < -0.39 is 0 Å². The van der Waals surface area contributed by atoms with E-state index in [2.05, 4.69) is 37.4 Å². The van der Waals surface area contributed by atoms with Crippen LogP contribution in [0.2, 0.25) is 0 Å². The predicted molar refractivity (Wildman–Crippen MR) is 54.8 cm³/mol. The number of hydrogen-bond acceptors (Lipinski definition) is 2. The summed E-state index contributed by atoms with van der Waals surface area (Å²) < 4.78 is 0. The molecule has 2 nitrogen and oxygen atoms in total. The molecule has 0 bridgehead atoms. The van der Waals surface area contributed by atoms with Crippen LogP contribution in [-0.4, -0.2) is 18.8 Å². The number of hydrogen-bond donors (Lipinski definition) is 2. The molecule has 13 heavy (non-hydrogen) atoms. The Morgan fingerprint density at radius 3 is 2.46 bits per heavy atom. The Balaban J connectivity index is 2.95. The van der Waals surface area contributed by atoms with Gasteiger partial charge in [0.25, 0.3) is 0 Å². The summed E-state index contributed by atoms with van der Waals surface area (Å²) >= 11 is 0. The zero-order valence-electron chi connectivity index (χ0n) is 8.46. The maximum absolute atomic E-state index is 9.08. The van der Waals surface area contributed by atoms with Gasteiger partial charge in [-0.05, 0) is 37.6 Å². The minimum atomic E-state index is 0.0549. The topological polar surface area (TPSA) is 32.3 Å². The third kappa shape index (κ3) is 2.29. The number of aliphatic hydroxyl groups is 1. The summed E-state index contributed by atoms with van der Waals surface area (Å²) in [5.74, 6) is 0. The van der Waals surface area contributed by atoms with Crippen molar-refractivity contribution in [3.05, 3.63) is 34.9 Å². The molecule has 2 heteroatoms. The van der Waals surface area contributed by atoms with Crippen molar-refractivity contribution in [2.75, 3.05) is 13.7 Å². The van der Waals surface area contributed by atoms with Crippen LogP contribution in [0.5, 0.6) is 0 Å². The van der Waals surface area contributed by atoms with Crippen molar-refractivity contribution in [2.45, 2.75) is 19.9 Å². The van der Waals surface area contributed by atoms with E-state index in [9.17, 15) is 0 Å². The Labute approximate surface area is 79.6 Å². The van der Waals surface area contributed by atoms with Gasteiger partial charge < -0.3 is 10.4 Å². The molecule has 0 aromatic heterocycles. The Morgan fingerprint density at radius 2 is 2.00 bits per heavy atom. The monoisotopic (exact) mass is 179 g/mol. The largest absolute Gasteiger partial charge is 0.394 e. The lowest BCUT2D eigenvalue weighted by Gasteiger charge is -2.14. The first-order valence-electron chi connectivity index (χ1n) is 4.54. The van der Waals surface area contributed by atoms with Gasteiger partial charge >= 0.3 is 0 Å². The zero-order valence-corrected chi connectivity index (χ0v) is 8.46. The molecule has 0 spiro atoms. The quantitative estimate of drug-likeness (QED) is 0.738. The van der Waals surface area contributed by atoms with Crippen molar-refractivity contribution < 1.29 is 5.11 Å². The third-order valence-corrected chi connectivity index (χ3v) is 2.46. The highest BCUT2D eigenvalue weighted by molar-refractivity contribution is 5.31. The minimum Gasteiger partial charge on any atom is -0.394 e. The molecule has 1 unspecified atom stereocenters. The highest BCUT2D eigenvalue weighted by Crippen LogP contribution is 2.16. The molecule has 0 saturated heterocycles. The first-order valence-corrected chi connectivity index (χ1v) is 4.54. The summed E-state index contributed by atoms with van der Waals surface area (Å²) in [6.45, 7) is 4.31. The summed E-state index contributed by atoms with van der Waals surface area (Å²) in [6, 6.07) is 6.32. The average molecular weight is 179 g/mol. The Kier molecular flexibility index (Phi) is 3.46. The van der Waals surface area contributed by atoms with Crippen molar-refractivity contribution in [3.8, 4) is 0 Å². The molecule has 1 aromatic carbocycles. The maximum atomic E-state index is 9.08. The number of aliphatic hydroxyl groups excluding tert-OH is 1. The fraction of sp³-hybridized carbons (Fsp3) is 0.455. The SMILES string of the molecule is CNC(CO)c1ccc(C)c(C)c1. The molecule has 0 radical (unpaired) electrons. The van der Waals surface area contributed by atoms with E-state index in [0.717, 1.165) is 5.56 Å². The van der Waals surface area contributed by atoms with Crippen molar-refractivity contribution in [1.82, 2.24) is 5.32 Å². The van der Waals surface area contributed by atoms with Gasteiger partial charge in [0.05, 0.1) is 12.6 Å². The van der Waals surface area contributed by atoms with Crippen LogP contribution in [0.15, 0.2) is 18.2 Å². The molecule has 0 heterocycles. The van der Waals surface area contributed by atoms with E-state index in [1.807, 2.05) is 7.05 Å². The lowest BCUT2D eigenvalue weighted by molar-refractivity contribution is 0.251. The van der Waals surface area contributed by atoms with Crippen LogP contribution in [-0.2, 0) is 0 Å². The molecular weight excluding hydrogens is 162 g/mol. The summed E-state index contributed by atoms with van der Waals surface area (Å²) in [7, 11) is 1.86. The van der Waals surface area contributed by atoms with E-state index in [1.165, 1.54) is 11.1 Å². The van der Waals surface area contributed by atoms with Gasteiger partial charge in [0.2, 0.25) is 0 Å². The van der Waals surface area contributed by atoms with Gasteiger partial charge in [-0.15, -0.1) is 0 Å². The summed E-state index contributed by atoms with van der Waals surface area (Å²) in [5.41, 5.74) is 3.70. The van der Waals surface area contributed by atoms with E-state index in [-0.39, 0.29) is 12.6 Å². The standard InChI is InChI=1S/C11H17NO/c1-8-4-5-10(6-9(8)2)11(7-13)12-3/h4-6,11-13H,7H2,1-3H3. The molecule has 2 N–H and O–H groups in total. The van der Waals surface area contributed by atoms with Gasteiger partial charge in [-0.1, -0.05) is 18.2 Å². The molecule has 72 valence electrons. The zero-order chi connectivity index (χ0) is 9.84.